The number of carbonyl (C=O) groups excluding carboxylic acids is 2. The van der Waals surface area contributed by atoms with Crippen molar-refractivity contribution in [2.45, 2.75) is 6.54 Å². The van der Waals surface area contributed by atoms with Gasteiger partial charge in [0.25, 0.3) is 5.91 Å². The van der Waals surface area contributed by atoms with Gasteiger partial charge in [-0.1, -0.05) is 54.6 Å². The van der Waals surface area contributed by atoms with Crippen LogP contribution in [0.2, 0.25) is 0 Å². The second-order valence-electron chi connectivity index (χ2n) is 5.44. The van der Waals surface area contributed by atoms with Crippen molar-refractivity contribution in [3.8, 4) is 0 Å². The lowest BCUT2D eigenvalue weighted by molar-refractivity contribution is -0.139. The summed E-state index contributed by atoms with van der Waals surface area (Å²) < 4.78 is 6.48. The van der Waals surface area contributed by atoms with Gasteiger partial charge < -0.3 is 14.6 Å². The number of methoxy groups -OCH3 is 1. The minimum absolute atomic E-state index is 0.153. The number of fused-ring (bicyclic) bond motifs is 1. The van der Waals surface area contributed by atoms with E-state index in [1.165, 1.54) is 7.11 Å². The molecule has 0 saturated heterocycles. The molecular formula is C19H18N2O3. The monoisotopic (exact) mass is 322 g/mol. The summed E-state index contributed by atoms with van der Waals surface area (Å²) in [6.07, 6.45) is 1.95. The smallest absolute Gasteiger partial charge is 0.325 e. The van der Waals surface area contributed by atoms with Crippen LogP contribution in [0.5, 0.6) is 0 Å². The zero-order valence-corrected chi connectivity index (χ0v) is 13.4. The molecule has 3 rings (SSSR count). The van der Waals surface area contributed by atoms with E-state index in [1.807, 2.05) is 65.4 Å². The number of benzene rings is 2. The highest BCUT2D eigenvalue weighted by atomic mass is 16.5. The van der Waals surface area contributed by atoms with Crippen LogP contribution >= 0.6 is 0 Å². The molecule has 0 fully saturated rings. The number of esters is 1. The van der Waals surface area contributed by atoms with E-state index >= 15 is 0 Å². The Bertz CT molecular complexity index is 869. The third kappa shape index (κ3) is 3.30. The van der Waals surface area contributed by atoms with E-state index < -0.39 is 5.97 Å². The third-order valence-corrected chi connectivity index (χ3v) is 3.83. The minimum Gasteiger partial charge on any atom is -0.468 e. The van der Waals surface area contributed by atoms with Gasteiger partial charge in [0.05, 0.1) is 7.11 Å². The van der Waals surface area contributed by atoms with Crippen molar-refractivity contribution in [1.29, 1.82) is 0 Å². The molecule has 1 heterocycles. The van der Waals surface area contributed by atoms with Crippen molar-refractivity contribution in [2.24, 2.45) is 0 Å². The van der Waals surface area contributed by atoms with E-state index in [-0.39, 0.29) is 12.5 Å². The number of nitrogens with one attached hydrogen (secondary N) is 1. The molecular weight excluding hydrogens is 304 g/mol. The maximum absolute atomic E-state index is 12.6. The molecule has 0 radical (unpaired) electrons. The maximum Gasteiger partial charge on any atom is 0.325 e. The molecule has 2 aromatic carbocycles. The van der Waals surface area contributed by atoms with Gasteiger partial charge >= 0.3 is 5.97 Å². The van der Waals surface area contributed by atoms with Crippen LogP contribution < -0.4 is 5.32 Å². The summed E-state index contributed by atoms with van der Waals surface area (Å²) in [6.45, 7) is 0.427. The molecule has 1 aromatic heterocycles. The first kappa shape index (κ1) is 15.8. The Balaban J connectivity index is 1.96. The number of aromatic nitrogens is 1. The quantitative estimate of drug-likeness (QED) is 0.735. The standard InChI is InChI=1S/C19H18N2O3/c1-24-17(22)11-20-19(23)18-16-10-6-5-9-15(16)13-21(18)12-14-7-3-2-4-8-14/h2-10,13H,11-12H2,1H3,(H,20,23). The molecule has 0 spiro atoms. The van der Waals surface area contributed by atoms with E-state index in [0.717, 1.165) is 16.3 Å². The molecule has 0 saturated carbocycles. The van der Waals surface area contributed by atoms with Crippen LogP contribution in [-0.4, -0.2) is 30.1 Å². The van der Waals surface area contributed by atoms with Crippen LogP contribution in [0.3, 0.4) is 0 Å². The SMILES string of the molecule is COC(=O)CNC(=O)c1c2ccccc2cn1Cc1ccccc1. The summed E-state index contributed by atoms with van der Waals surface area (Å²) in [4.78, 5) is 23.9. The van der Waals surface area contributed by atoms with E-state index in [4.69, 9.17) is 0 Å². The number of amides is 1. The van der Waals surface area contributed by atoms with Crippen molar-refractivity contribution in [2.75, 3.05) is 13.7 Å². The molecule has 0 bridgehead atoms. The lowest BCUT2D eigenvalue weighted by Crippen LogP contribution is -2.31. The lowest BCUT2D eigenvalue weighted by Gasteiger charge is -2.10. The van der Waals surface area contributed by atoms with Gasteiger partial charge in [0, 0.05) is 23.5 Å². The Morgan fingerprint density at radius 1 is 1.04 bits per heavy atom. The summed E-state index contributed by atoms with van der Waals surface area (Å²) in [7, 11) is 1.29. The predicted molar refractivity (Wildman–Crippen MR) is 91.8 cm³/mol. The fourth-order valence-electron chi connectivity index (χ4n) is 2.68. The molecule has 0 unspecified atom stereocenters. The van der Waals surface area contributed by atoms with Crippen LogP contribution in [0.4, 0.5) is 0 Å². The van der Waals surface area contributed by atoms with Crippen molar-refractivity contribution >= 4 is 22.6 Å². The van der Waals surface area contributed by atoms with E-state index in [2.05, 4.69) is 10.1 Å². The maximum atomic E-state index is 12.6. The van der Waals surface area contributed by atoms with Crippen LogP contribution in [0, 0.1) is 0 Å². The second-order valence-corrected chi connectivity index (χ2v) is 5.44. The van der Waals surface area contributed by atoms with E-state index in [0.29, 0.717) is 12.2 Å². The van der Waals surface area contributed by atoms with Gasteiger partial charge in [0.1, 0.15) is 12.2 Å². The van der Waals surface area contributed by atoms with Crippen molar-refractivity contribution in [1.82, 2.24) is 9.88 Å². The van der Waals surface area contributed by atoms with Gasteiger partial charge in [0.2, 0.25) is 0 Å². The fourth-order valence-corrected chi connectivity index (χ4v) is 2.68. The number of rotatable bonds is 5. The Morgan fingerprint density at radius 3 is 2.50 bits per heavy atom. The number of hydrogen-bond acceptors (Lipinski definition) is 3. The minimum atomic E-state index is -0.478. The van der Waals surface area contributed by atoms with Crippen LogP contribution in [0.1, 0.15) is 16.1 Å². The highest BCUT2D eigenvalue weighted by molar-refractivity contribution is 6.07. The second kappa shape index (κ2) is 7.00. The van der Waals surface area contributed by atoms with Gasteiger partial charge in [-0.05, 0) is 5.56 Å². The molecule has 0 aliphatic carbocycles. The summed E-state index contributed by atoms with van der Waals surface area (Å²) in [6, 6.07) is 17.6. The summed E-state index contributed by atoms with van der Waals surface area (Å²) in [5, 5.41) is 4.46. The first-order chi connectivity index (χ1) is 11.7. The largest absolute Gasteiger partial charge is 0.468 e. The predicted octanol–water partition coefficient (Wildman–Crippen LogP) is 2.59. The summed E-state index contributed by atoms with van der Waals surface area (Å²) in [5.41, 5.74) is 1.64. The number of hydrogen-bond donors (Lipinski definition) is 1. The fraction of sp³-hybridized carbons (Fsp3) is 0.158. The molecule has 0 atom stereocenters. The molecule has 122 valence electrons. The number of ether oxygens (including phenoxy) is 1. The molecule has 5 heteroatoms. The van der Waals surface area contributed by atoms with Gasteiger partial charge in [-0.25, -0.2) is 0 Å². The van der Waals surface area contributed by atoms with Gasteiger partial charge in [-0.2, -0.15) is 0 Å². The average Bonchev–Trinajstić information content (AvgIpc) is 2.98. The molecule has 24 heavy (non-hydrogen) atoms. The Hall–Kier alpha value is -3.08. The van der Waals surface area contributed by atoms with Crippen LogP contribution in [0.15, 0.2) is 60.8 Å². The van der Waals surface area contributed by atoms with Crippen molar-refractivity contribution in [3.05, 3.63) is 72.1 Å². The van der Waals surface area contributed by atoms with Crippen LogP contribution in [-0.2, 0) is 16.1 Å². The van der Waals surface area contributed by atoms with Crippen LogP contribution in [0.25, 0.3) is 10.8 Å². The molecule has 5 nitrogen and oxygen atoms in total. The molecule has 3 aromatic rings. The zero-order chi connectivity index (χ0) is 16.9. The molecule has 0 aliphatic rings. The lowest BCUT2D eigenvalue weighted by atomic mass is 10.2. The van der Waals surface area contributed by atoms with Gasteiger partial charge in [-0.15, -0.1) is 0 Å². The normalized spacial score (nSPS) is 10.5. The van der Waals surface area contributed by atoms with Gasteiger partial charge in [0.15, 0.2) is 0 Å². The first-order valence-electron chi connectivity index (χ1n) is 7.66. The summed E-state index contributed by atoms with van der Waals surface area (Å²) >= 11 is 0. The molecule has 1 amide bonds. The third-order valence-electron chi connectivity index (χ3n) is 3.83. The molecule has 1 N–H and O–H groups in total. The van der Waals surface area contributed by atoms with Gasteiger partial charge in [-0.3, -0.25) is 9.59 Å². The van der Waals surface area contributed by atoms with Crippen molar-refractivity contribution in [3.63, 3.8) is 0 Å². The topological polar surface area (TPSA) is 60.3 Å². The highest BCUT2D eigenvalue weighted by Gasteiger charge is 2.17. The van der Waals surface area contributed by atoms with E-state index in [1.54, 1.807) is 0 Å². The van der Waals surface area contributed by atoms with Crippen molar-refractivity contribution < 1.29 is 14.3 Å². The zero-order valence-electron chi connectivity index (χ0n) is 13.4. The first-order valence-corrected chi connectivity index (χ1v) is 7.66. The number of carbonyl (C=O) groups is 2. The van der Waals surface area contributed by atoms with E-state index in [9.17, 15) is 9.59 Å². The Morgan fingerprint density at radius 2 is 1.75 bits per heavy atom. The Kier molecular flexibility index (Phi) is 4.61. The Labute approximate surface area is 139 Å². The molecule has 0 aliphatic heterocycles. The summed E-state index contributed by atoms with van der Waals surface area (Å²) in [5.74, 6) is -0.772. The average molecular weight is 322 g/mol. The number of nitrogens with zero attached hydrogens (tertiary/aromatic N) is 1. The highest BCUT2D eigenvalue weighted by Crippen LogP contribution is 2.22.